The van der Waals surface area contributed by atoms with Crippen molar-refractivity contribution in [3.63, 3.8) is 0 Å². The van der Waals surface area contributed by atoms with E-state index in [2.05, 4.69) is 20.6 Å². The molecule has 1 aliphatic carbocycles. The number of amides is 1. The lowest BCUT2D eigenvalue weighted by atomic mass is 10.1. The molecule has 0 radical (unpaired) electrons. The highest BCUT2D eigenvalue weighted by molar-refractivity contribution is 5.81. The minimum absolute atomic E-state index is 0.00972. The van der Waals surface area contributed by atoms with Gasteiger partial charge in [0.05, 0.1) is 18.3 Å². The van der Waals surface area contributed by atoms with Gasteiger partial charge in [-0.2, -0.15) is 10.1 Å². The molecule has 0 bridgehead atoms. The normalized spacial score (nSPS) is 24.6. The Morgan fingerprint density at radius 1 is 1.43 bits per heavy atom. The third-order valence-corrected chi connectivity index (χ3v) is 4.56. The van der Waals surface area contributed by atoms with Crippen molar-refractivity contribution in [2.75, 3.05) is 0 Å². The molecule has 1 amide bonds. The average molecular weight is 316 g/mol. The number of nitrogens with one attached hydrogen (secondary N) is 1. The molecule has 1 N–H and O–H groups in total. The first-order valence-corrected chi connectivity index (χ1v) is 7.95. The third-order valence-electron chi connectivity index (χ3n) is 4.56. The zero-order chi connectivity index (χ0) is 16.0. The minimum atomic E-state index is 0.00972. The van der Waals surface area contributed by atoms with E-state index in [9.17, 15) is 4.79 Å². The van der Waals surface area contributed by atoms with E-state index < -0.39 is 0 Å². The summed E-state index contributed by atoms with van der Waals surface area (Å²) >= 11 is 0. The van der Waals surface area contributed by atoms with E-state index in [0.717, 1.165) is 18.5 Å². The smallest absolute Gasteiger partial charge is 0.225 e. The van der Waals surface area contributed by atoms with Crippen LogP contribution in [0, 0.1) is 6.92 Å². The molecule has 2 aromatic rings. The van der Waals surface area contributed by atoms with Crippen LogP contribution < -0.4 is 5.32 Å². The van der Waals surface area contributed by atoms with Gasteiger partial charge in [0.2, 0.25) is 11.8 Å². The van der Waals surface area contributed by atoms with E-state index in [1.165, 1.54) is 0 Å². The van der Waals surface area contributed by atoms with Crippen LogP contribution in [-0.2, 0) is 18.4 Å². The first kappa shape index (κ1) is 14.4. The second-order valence-electron chi connectivity index (χ2n) is 6.28. The van der Waals surface area contributed by atoms with Crippen molar-refractivity contribution in [2.45, 2.75) is 50.9 Å². The largest absolute Gasteiger partial charge is 0.340 e. The van der Waals surface area contributed by atoms with E-state index >= 15 is 0 Å². The summed E-state index contributed by atoms with van der Waals surface area (Å²) in [4.78, 5) is 18.7. The van der Waals surface area contributed by atoms with Gasteiger partial charge in [-0.3, -0.25) is 9.48 Å². The van der Waals surface area contributed by atoms with Crippen LogP contribution in [0.5, 0.6) is 0 Å². The van der Waals surface area contributed by atoms with Crippen LogP contribution in [0.25, 0.3) is 0 Å². The molecular formula is C15H20N6O2. The Labute approximate surface area is 133 Å². The first-order chi connectivity index (χ1) is 11.1. The summed E-state index contributed by atoms with van der Waals surface area (Å²) in [5.74, 6) is 1.37. The fourth-order valence-electron chi connectivity index (χ4n) is 3.38. The van der Waals surface area contributed by atoms with Crippen molar-refractivity contribution in [1.82, 2.24) is 30.1 Å². The second-order valence-corrected chi connectivity index (χ2v) is 6.28. The summed E-state index contributed by atoms with van der Waals surface area (Å²) in [6.45, 7) is 2.25. The average Bonchev–Trinajstić information content (AvgIpc) is 2.98. The second kappa shape index (κ2) is 5.45. The van der Waals surface area contributed by atoms with E-state index in [0.29, 0.717) is 30.7 Å². The van der Waals surface area contributed by atoms with Gasteiger partial charge in [-0.05, 0) is 18.9 Å². The molecule has 2 aromatic heterocycles. The van der Waals surface area contributed by atoms with Gasteiger partial charge in [-0.15, -0.1) is 0 Å². The molecule has 1 saturated carbocycles. The van der Waals surface area contributed by atoms with Crippen LogP contribution in [-0.4, -0.2) is 42.8 Å². The topological polar surface area (TPSA) is 89.1 Å². The predicted octanol–water partition coefficient (Wildman–Crippen LogP) is 0.706. The summed E-state index contributed by atoms with van der Waals surface area (Å²) in [7, 11) is 1.92. The van der Waals surface area contributed by atoms with Crippen LogP contribution in [0.2, 0.25) is 0 Å². The zero-order valence-corrected chi connectivity index (χ0v) is 13.3. The number of likely N-dealkylation sites (tertiary alicyclic amines) is 1. The molecule has 8 nitrogen and oxygen atoms in total. The lowest BCUT2D eigenvalue weighted by molar-refractivity contribution is -0.129. The molecule has 3 heterocycles. The van der Waals surface area contributed by atoms with Crippen LogP contribution >= 0.6 is 0 Å². The Morgan fingerprint density at radius 2 is 2.26 bits per heavy atom. The summed E-state index contributed by atoms with van der Waals surface area (Å²) in [6, 6.07) is 2.40. The van der Waals surface area contributed by atoms with Crippen molar-refractivity contribution in [3.05, 3.63) is 29.7 Å². The fourth-order valence-corrected chi connectivity index (χ4v) is 3.38. The summed E-state index contributed by atoms with van der Waals surface area (Å²) in [5, 5.41) is 11.6. The Morgan fingerprint density at radius 3 is 2.87 bits per heavy atom. The van der Waals surface area contributed by atoms with Crippen molar-refractivity contribution >= 4 is 5.91 Å². The molecule has 2 aliphatic rings. The Bertz CT molecular complexity index is 719. The van der Waals surface area contributed by atoms with Crippen LogP contribution in [0.3, 0.4) is 0 Å². The van der Waals surface area contributed by atoms with Crippen molar-refractivity contribution in [1.29, 1.82) is 0 Å². The number of carbonyl (C=O) groups excluding carboxylic acids is 1. The maximum Gasteiger partial charge on any atom is 0.225 e. The molecule has 0 unspecified atom stereocenters. The van der Waals surface area contributed by atoms with E-state index in [1.54, 1.807) is 13.1 Å². The predicted molar refractivity (Wildman–Crippen MR) is 80.1 cm³/mol. The van der Waals surface area contributed by atoms with Gasteiger partial charge in [0.1, 0.15) is 0 Å². The number of hydrogen-bond donors (Lipinski definition) is 1. The van der Waals surface area contributed by atoms with Crippen molar-refractivity contribution in [2.24, 2.45) is 7.05 Å². The van der Waals surface area contributed by atoms with Crippen LogP contribution in [0.1, 0.15) is 42.7 Å². The lowest BCUT2D eigenvalue weighted by Crippen LogP contribution is -2.38. The van der Waals surface area contributed by atoms with Gasteiger partial charge < -0.3 is 14.7 Å². The summed E-state index contributed by atoms with van der Waals surface area (Å²) in [6.07, 6.45) is 4.46. The molecule has 1 aliphatic heterocycles. The highest BCUT2D eigenvalue weighted by Crippen LogP contribution is 2.41. The van der Waals surface area contributed by atoms with Crippen LogP contribution in [0.15, 0.2) is 16.8 Å². The Balaban J connectivity index is 1.56. The van der Waals surface area contributed by atoms with Gasteiger partial charge in [0, 0.05) is 38.7 Å². The van der Waals surface area contributed by atoms with E-state index in [1.807, 2.05) is 22.7 Å². The Hall–Kier alpha value is -2.22. The molecule has 2 fully saturated rings. The lowest BCUT2D eigenvalue weighted by Gasteiger charge is -2.28. The van der Waals surface area contributed by atoms with Crippen molar-refractivity contribution in [3.8, 4) is 0 Å². The number of carbonyl (C=O) groups is 1. The van der Waals surface area contributed by atoms with Crippen molar-refractivity contribution < 1.29 is 9.32 Å². The fraction of sp³-hybridized carbons (Fsp3) is 0.600. The number of nitrogens with zero attached hydrogens (tertiary/aromatic N) is 5. The molecule has 23 heavy (non-hydrogen) atoms. The maximum atomic E-state index is 12.5. The van der Waals surface area contributed by atoms with Gasteiger partial charge in [-0.25, -0.2) is 0 Å². The molecule has 1 saturated heterocycles. The highest BCUT2D eigenvalue weighted by Gasteiger charge is 2.48. The van der Waals surface area contributed by atoms with Gasteiger partial charge in [0.25, 0.3) is 0 Å². The summed E-state index contributed by atoms with van der Waals surface area (Å²) in [5.41, 5.74) is 1.06. The first-order valence-electron chi connectivity index (χ1n) is 7.95. The quantitative estimate of drug-likeness (QED) is 0.874. The molecule has 2 atom stereocenters. The standard InChI is InChI=1S/C15H20N6O2/c1-9-18-13(19-23-9)8-16-11-7-14(22)21(10-3-4-10)15(11)12-5-6-17-20(12)2/h5-6,10-11,15-16H,3-4,7-8H2,1-2H3/t11-,15-/m1/s1. The number of aryl methyl sites for hydroxylation is 2. The Kier molecular flexibility index (Phi) is 3.41. The number of rotatable bonds is 5. The highest BCUT2D eigenvalue weighted by atomic mass is 16.5. The molecule has 4 rings (SSSR count). The monoisotopic (exact) mass is 316 g/mol. The summed E-state index contributed by atoms with van der Waals surface area (Å²) < 4.78 is 6.85. The minimum Gasteiger partial charge on any atom is -0.340 e. The van der Waals surface area contributed by atoms with Gasteiger partial charge in [0.15, 0.2) is 5.82 Å². The number of hydrogen-bond acceptors (Lipinski definition) is 6. The van der Waals surface area contributed by atoms with Gasteiger partial charge >= 0.3 is 0 Å². The number of aromatic nitrogens is 4. The van der Waals surface area contributed by atoms with Gasteiger partial charge in [-0.1, -0.05) is 5.16 Å². The van der Waals surface area contributed by atoms with E-state index in [-0.39, 0.29) is 18.0 Å². The van der Waals surface area contributed by atoms with Crippen LogP contribution in [0.4, 0.5) is 0 Å². The molecule has 0 spiro atoms. The zero-order valence-electron chi connectivity index (χ0n) is 13.3. The molecule has 8 heteroatoms. The molecule has 122 valence electrons. The molecular weight excluding hydrogens is 296 g/mol. The van der Waals surface area contributed by atoms with E-state index in [4.69, 9.17) is 4.52 Å². The maximum absolute atomic E-state index is 12.5. The SMILES string of the molecule is Cc1nc(CN[C@@H]2CC(=O)N(C3CC3)[C@H]2c2ccnn2C)no1. The molecule has 0 aromatic carbocycles. The third kappa shape index (κ3) is 2.63.